The average molecular weight is 428 g/mol. The second-order valence-corrected chi connectivity index (χ2v) is 9.57. The summed E-state index contributed by atoms with van der Waals surface area (Å²) < 4.78 is 0. The largest absolute Gasteiger partial charge is 0.481 e. The van der Waals surface area contributed by atoms with Gasteiger partial charge in [-0.05, 0) is 34.4 Å². The summed E-state index contributed by atoms with van der Waals surface area (Å²) in [7, 11) is 4.15. The van der Waals surface area contributed by atoms with Crippen LogP contribution in [0, 0.1) is 0 Å². The molecule has 1 N–H and O–H groups in total. The molecule has 0 aliphatic rings. The molecular formula is C27H57NO2. The third kappa shape index (κ3) is 32.1. The molecule has 0 aromatic carbocycles. The van der Waals surface area contributed by atoms with Crippen molar-refractivity contribution in [2.45, 2.75) is 155 Å². The SMILES string of the molecule is CC(C)N(C)C.CCCCCCCCCCCCCCCCCCCCCC(=O)O. The lowest BCUT2D eigenvalue weighted by atomic mass is 10.0. The van der Waals surface area contributed by atoms with Crippen LogP contribution in [0.2, 0.25) is 0 Å². The van der Waals surface area contributed by atoms with Crippen LogP contribution in [0.25, 0.3) is 0 Å². The molecule has 0 atom stereocenters. The van der Waals surface area contributed by atoms with Crippen LogP contribution in [-0.4, -0.2) is 36.1 Å². The molecule has 0 saturated heterocycles. The van der Waals surface area contributed by atoms with E-state index in [0.29, 0.717) is 12.5 Å². The van der Waals surface area contributed by atoms with Crippen LogP contribution in [0.4, 0.5) is 0 Å². The number of unbranched alkanes of at least 4 members (excludes halogenated alkanes) is 18. The van der Waals surface area contributed by atoms with Crippen molar-refractivity contribution in [1.29, 1.82) is 0 Å². The maximum atomic E-state index is 10.4. The first-order valence-corrected chi connectivity index (χ1v) is 13.3. The van der Waals surface area contributed by atoms with Gasteiger partial charge in [-0.1, -0.05) is 122 Å². The van der Waals surface area contributed by atoms with Gasteiger partial charge < -0.3 is 10.0 Å². The van der Waals surface area contributed by atoms with E-state index in [4.69, 9.17) is 5.11 Å². The number of carboxylic acid groups (broad SMARTS) is 1. The van der Waals surface area contributed by atoms with Gasteiger partial charge in [0, 0.05) is 12.5 Å². The van der Waals surface area contributed by atoms with Crippen molar-refractivity contribution in [3.63, 3.8) is 0 Å². The van der Waals surface area contributed by atoms with E-state index in [1.165, 1.54) is 109 Å². The number of hydrogen-bond acceptors (Lipinski definition) is 2. The predicted molar refractivity (Wildman–Crippen MR) is 134 cm³/mol. The maximum absolute atomic E-state index is 10.4. The van der Waals surface area contributed by atoms with E-state index >= 15 is 0 Å². The molecule has 0 aliphatic heterocycles. The van der Waals surface area contributed by atoms with Gasteiger partial charge in [0.1, 0.15) is 0 Å². The topological polar surface area (TPSA) is 40.5 Å². The number of nitrogens with zero attached hydrogens (tertiary/aromatic N) is 1. The Kier molecular flexibility index (Phi) is 27.9. The highest BCUT2D eigenvalue weighted by molar-refractivity contribution is 5.66. The third-order valence-corrected chi connectivity index (χ3v) is 6.03. The summed E-state index contributed by atoms with van der Waals surface area (Å²) in [5.41, 5.74) is 0. The molecule has 3 heteroatoms. The van der Waals surface area contributed by atoms with Crippen molar-refractivity contribution in [3.8, 4) is 0 Å². The molecule has 0 unspecified atom stereocenters. The van der Waals surface area contributed by atoms with E-state index < -0.39 is 5.97 Å². The first-order chi connectivity index (χ1) is 14.4. The van der Waals surface area contributed by atoms with E-state index in [2.05, 4.69) is 39.8 Å². The average Bonchev–Trinajstić information content (AvgIpc) is 2.70. The van der Waals surface area contributed by atoms with Gasteiger partial charge in [-0.3, -0.25) is 4.79 Å². The Morgan fingerprint density at radius 3 is 1.03 bits per heavy atom. The normalized spacial score (nSPS) is 11.0. The van der Waals surface area contributed by atoms with E-state index in [0.717, 1.165) is 12.8 Å². The minimum absolute atomic E-state index is 0.346. The first kappa shape index (κ1) is 31.6. The highest BCUT2D eigenvalue weighted by Crippen LogP contribution is 2.14. The molecule has 0 radical (unpaired) electrons. The van der Waals surface area contributed by atoms with Crippen LogP contribution in [0.5, 0.6) is 0 Å². The standard InChI is InChI=1S/C22H44O2.C5H13N/c1-2-3-4-5-6-7-8-9-10-11-12-13-14-15-16-17-18-19-20-21-22(23)24;1-5(2)6(3)4/h2-21H2,1H3,(H,23,24);5H,1-4H3. The summed E-state index contributed by atoms with van der Waals surface area (Å²) in [4.78, 5) is 12.5. The number of hydrogen-bond donors (Lipinski definition) is 1. The van der Waals surface area contributed by atoms with Gasteiger partial charge in [0.15, 0.2) is 0 Å². The van der Waals surface area contributed by atoms with Crippen LogP contribution in [0.15, 0.2) is 0 Å². The van der Waals surface area contributed by atoms with Crippen molar-refractivity contribution in [2.75, 3.05) is 14.1 Å². The fourth-order valence-corrected chi connectivity index (χ4v) is 3.35. The van der Waals surface area contributed by atoms with Crippen molar-refractivity contribution < 1.29 is 9.90 Å². The van der Waals surface area contributed by atoms with E-state index in [1.54, 1.807) is 0 Å². The van der Waals surface area contributed by atoms with E-state index in [1.807, 2.05) is 0 Å². The van der Waals surface area contributed by atoms with Gasteiger partial charge in [0.2, 0.25) is 0 Å². The lowest BCUT2D eigenvalue weighted by Gasteiger charge is -2.12. The van der Waals surface area contributed by atoms with Crippen LogP contribution in [0.1, 0.15) is 149 Å². The molecule has 0 aromatic heterocycles. The molecule has 0 heterocycles. The quantitative estimate of drug-likeness (QED) is 0.186. The molecule has 0 amide bonds. The molecule has 0 aromatic rings. The third-order valence-electron chi connectivity index (χ3n) is 6.03. The monoisotopic (exact) mass is 427 g/mol. The Labute approximate surface area is 190 Å². The molecule has 182 valence electrons. The van der Waals surface area contributed by atoms with Gasteiger partial charge in [-0.15, -0.1) is 0 Å². The predicted octanol–water partition coefficient (Wildman–Crippen LogP) is 8.85. The summed E-state index contributed by atoms with van der Waals surface area (Å²) in [5, 5.41) is 8.56. The number of rotatable bonds is 21. The second kappa shape index (κ2) is 26.5. The van der Waals surface area contributed by atoms with Crippen LogP contribution in [0.3, 0.4) is 0 Å². The minimum atomic E-state index is -0.651. The summed E-state index contributed by atoms with van der Waals surface area (Å²) in [6.07, 6.45) is 26.1. The molecule has 3 nitrogen and oxygen atoms in total. The fraction of sp³-hybridized carbons (Fsp3) is 0.963. The zero-order valence-corrected chi connectivity index (χ0v) is 21.5. The molecule has 0 rings (SSSR count). The second-order valence-electron chi connectivity index (χ2n) is 9.57. The summed E-state index contributed by atoms with van der Waals surface area (Å²) in [5.74, 6) is -0.651. The zero-order valence-electron chi connectivity index (χ0n) is 21.5. The Morgan fingerprint density at radius 2 is 0.833 bits per heavy atom. The Bertz CT molecular complexity index is 323. The highest BCUT2D eigenvalue weighted by atomic mass is 16.4. The molecule has 0 spiro atoms. The van der Waals surface area contributed by atoms with Crippen LogP contribution in [-0.2, 0) is 4.79 Å². The number of aliphatic carboxylic acids is 1. The van der Waals surface area contributed by atoms with Crippen molar-refractivity contribution in [3.05, 3.63) is 0 Å². The summed E-state index contributed by atoms with van der Waals surface area (Å²) in [6, 6.07) is 0.685. The maximum Gasteiger partial charge on any atom is 0.303 e. The van der Waals surface area contributed by atoms with Crippen molar-refractivity contribution in [1.82, 2.24) is 4.90 Å². The van der Waals surface area contributed by atoms with Crippen LogP contribution < -0.4 is 0 Å². The molecular weight excluding hydrogens is 370 g/mol. The lowest BCUT2D eigenvalue weighted by molar-refractivity contribution is -0.137. The van der Waals surface area contributed by atoms with Crippen LogP contribution >= 0.6 is 0 Å². The number of carboxylic acids is 1. The van der Waals surface area contributed by atoms with Gasteiger partial charge in [-0.2, -0.15) is 0 Å². The fourth-order valence-electron chi connectivity index (χ4n) is 3.35. The number of carbonyl (C=O) groups is 1. The molecule has 30 heavy (non-hydrogen) atoms. The summed E-state index contributed by atoms with van der Waals surface area (Å²) in [6.45, 7) is 6.62. The molecule has 0 aliphatic carbocycles. The molecule has 0 fully saturated rings. The van der Waals surface area contributed by atoms with E-state index in [-0.39, 0.29) is 0 Å². The molecule has 0 bridgehead atoms. The zero-order chi connectivity index (χ0) is 22.9. The highest BCUT2D eigenvalue weighted by Gasteiger charge is 1.97. The van der Waals surface area contributed by atoms with Gasteiger partial charge in [0.05, 0.1) is 0 Å². The summed E-state index contributed by atoms with van der Waals surface area (Å²) >= 11 is 0. The van der Waals surface area contributed by atoms with E-state index in [9.17, 15) is 4.79 Å². The first-order valence-electron chi connectivity index (χ1n) is 13.3. The van der Waals surface area contributed by atoms with Crippen molar-refractivity contribution >= 4 is 5.97 Å². The van der Waals surface area contributed by atoms with Crippen molar-refractivity contribution in [2.24, 2.45) is 0 Å². The Balaban J connectivity index is 0. The smallest absolute Gasteiger partial charge is 0.303 e. The minimum Gasteiger partial charge on any atom is -0.481 e. The lowest BCUT2D eigenvalue weighted by Crippen LogP contribution is -2.20. The molecule has 0 saturated carbocycles. The Hall–Kier alpha value is -0.570. The van der Waals surface area contributed by atoms with Gasteiger partial charge in [-0.25, -0.2) is 0 Å². The van der Waals surface area contributed by atoms with Gasteiger partial charge in [0.25, 0.3) is 0 Å². The Morgan fingerprint density at radius 1 is 0.600 bits per heavy atom. The van der Waals surface area contributed by atoms with Gasteiger partial charge >= 0.3 is 5.97 Å².